The van der Waals surface area contributed by atoms with Crippen molar-refractivity contribution in [3.63, 3.8) is 0 Å². The van der Waals surface area contributed by atoms with Gasteiger partial charge in [0.2, 0.25) is 0 Å². The van der Waals surface area contributed by atoms with E-state index in [0.717, 1.165) is 10.7 Å². The van der Waals surface area contributed by atoms with Gasteiger partial charge in [0.1, 0.15) is 11.9 Å². The highest BCUT2D eigenvalue weighted by molar-refractivity contribution is 5.52. The van der Waals surface area contributed by atoms with Gasteiger partial charge in [-0.2, -0.15) is 23.5 Å². The number of nitrogens with zero attached hydrogens (tertiary/aromatic N) is 3. The number of anilines is 1. The van der Waals surface area contributed by atoms with Crippen LogP contribution in [0, 0.1) is 11.3 Å². The van der Waals surface area contributed by atoms with Crippen LogP contribution in [0.4, 0.5) is 19.0 Å². The summed E-state index contributed by atoms with van der Waals surface area (Å²) in [5, 5.41) is 12.3. The molecule has 7 heteroatoms. The molecule has 0 saturated heterocycles. The van der Waals surface area contributed by atoms with Gasteiger partial charge in [-0.05, 0) is 12.1 Å². The van der Waals surface area contributed by atoms with Gasteiger partial charge in [0.05, 0.1) is 11.3 Å². The van der Waals surface area contributed by atoms with Crippen LogP contribution in [0.5, 0.6) is 0 Å². The number of benzene rings is 1. The fraction of sp³-hybridized carbons (Fsp3) is 0.0909. The molecule has 0 spiro atoms. The van der Waals surface area contributed by atoms with Crippen molar-refractivity contribution in [3.05, 3.63) is 41.6 Å². The van der Waals surface area contributed by atoms with Crippen LogP contribution in [-0.4, -0.2) is 9.78 Å². The number of nitrogens with two attached hydrogens (primary N) is 1. The summed E-state index contributed by atoms with van der Waals surface area (Å²) < 4.78 is 38.4. The van der Waals surface area contributed by atoms with Crippen LogP contribution in [0.1, 0.15) is 11.3 Å². The molecule has 0 aliphatic heterocycles. The van der Waals surface area contributed by atoms with Gasteiger partial charge < -0.3 is 5.73 Å². The second-order valence-corrected chi connectivity index (χ2v) is 3.49. The molecule has 1 aromatic heterocycles. The molecule has 2 aromatic rings. The van der Waals surface area contributed by atoms with Gasteiger partial charge in [-0.3, -0.25) is 0 Å². The van der Waals surface area contributed by atoms with Crippen molar-refractivity contribution in [2.45, 2.75) is 6.18 Å². The van der Waals surface area contributed by atoms with E-state index in [1.807, 2.05) is 6.07 Å². The molecule has 2 rings (SSSR count). The lowest BCUT2D eigenvalue weighted by Gasteiger charge is -2.05. The van der Waals surface area contributed by atoms with Gasteiger partial charge in [0.25, 0.3) is 0 Å². The fourth-order valence-corrected chi connectivity index (χ4v) is 1.48. The first-order chi connectivity index (χ1) is 8.43. The van der Waals surface area contributed by atoms with Crippen molar-refractivity contribution in [1.29, 1.82) is 5.26 Å². The summed E-state index contributed by atoms with van der Waals surface area (Å²) in [6, 6.07) is 8.74. The Balaban J connectivity index is 2.59. The van der Waals surface area contributed by atoms with E-state index < -0.39 is 11.9 Å². The Labute approximate surface area is 100 Å². The van der Waals surface area contributed by atoms with Gasteiger partial charge >= 0.3 is 6.18 Å². The first-order valence-electron chi connectivity index (χ1n) is 4.85. The van der Waals surface area contributed by atoms with Gasteiger partial charge in [-0.25, -0.2) is 4.68 Å². The Morgan fingerprint density at radius 1 is 1.28 bits per heavy atom. The van der Waals surface area contributed by atoms with Crippen LogP contribution in [0.3, 0.4) is 0 Å². The molecular formula is C11H7F3N4. The van der Waals surface area contributed by atoms with Crippen LogP contribution in [0.25, 0.3) is 5.69 Å². The third-order valence-corrected chi connectivity index (χ3v) is 2.28. The zero-order valence-corrected chi connectivity index (χ0v) is 8.94. The number of para-hydroxylation sites is 1. The first kappa shape index (κ1) is 12.0. The molecule has 0 bridgehead atoms. The minimum atomic E-state index is -4.57. The van der Waals surface area contributed by atoms with E-state index in [-0.39, 0.29) is 17.1 Å². The third kappa shape index (κ3) is 2.00. The maximum absolute atomic E-state index is 12.5. The summed E-state index contributed by atoms with van der Waals surface area (Å²) in [6.45, 7) is 0. The van der Waals surface area contributed by atoms with Crippen molar-refractivity contribution in [2.24, 2.45) is 0 Å². The SMILES string of the molecule is N#Cc1ccccc1-n1nc(C(F)(F)F)cc1N. The highest BCUT2D eigenvalue weighted by Gasteiger charge is 2.35. The van der Waals surface area contributed by atoms with Crippen molar-refractivity contribution < 1.29 is 13.2 Å². The Bertz CT molecular complexity index is 622. The van der Waals surface area contributed by atoms with Gasteiger partial charge in [-0.1, -0.05) is 12.1 Å². The third-order valence-electron chi connectivity index (χ3n) is 2.28. The first-order valence-corrected chi connectivity index (χ1v) is 4.85. The second kappa shape index (κ2) is 4.07. The molecule has 0 unspecified atom stereocenters. The lowest BCUT2D eigenvalue weighted by Crippen LogP contribution is -2.08. The van der Waals surface area contributed by atoms with E-state index in [4.69, 9.17) is 11.0 Å². The smallest absolute Gasteiger partial charge is 0.384 e. The number of hydrogen-bond acceptors (Lipinski definition) is 3. The van der Waals surface area contributed by atoms with Crippen molar-refractivity contribution in [2.75, 3.05) is 5.73 Å². The molecule has 92 valence electrons. The predicted molar refractivity (Wildman–Crippen MR) is 57.7 cm³/mol. The summed E-state index contributed by atoms with van der Waals surface area (Å²) in [4.78, 5) is 0. The normalized spacial score (nSPS) is 11.2. The van der Waals surface area contributed by atoms with Crippen LogP contribution in [0.15, 0.2) is 30.3 Å². The molecule has 0 atom stereocenters. The van der Waals surface area contributed by atoms with E-state index in [9.17, 15) is 13.2 Å². The average molecular weight is 252 g/mol. The van der Waals surface area contributed by atoms with E-state index in [2.05, 4.69) is 5.10 Å². The van der Waals surface area contributed by atoms with Crippen LogP contribution >= 0.6 is 0 Å². The highest BCUT2D eigenvalue weighted by atomic mass is 19.4. The fourth-order valence-electron chi connectivity index (χ4n) is 1.48. The summed E-state index contributed by atoms with van der Waals surface area (Å²) in [5.74, 6) is -0.176. The molecule has 1 aromatic carbocycles. The summed E-state index contributed by atoms with van der Waals surface area (Å²) >= 11 is 0. The molecule has 18 heavy (non-hydrogen) atoms. The number of alkyl halides is 3. The van der Waals surface area contributed by atoms with E-state index >= 15 is 0 Å². The molecule has 2 N–H and O–H groups in total. The summed E-state index contributed by atoms with van der Waals surface area (Å²) in [5.41, 5.74) is 4.81. The lowest BCUT2D eigenvalue weighted by molar-refractivity contribution is -0.141. The van der Waals surface area contributed by atoms with E-state index in [0.29, 0.717) is 0 Å². The van der Waals surface area contributed by atoms with Crippen LogP contribution in [0.2, 0.25) is 0 Å². The number of hydrogen-bond donors (Lipinski definition) is 1. The Morgan fingerprint density at radius 3 is 2.50 bits per heavy atom. The second-order valence-electron chi connectivity index (χ2n) is 3.49. The van der Waals surface area contributed by atoms with Gasteiger partial charge in [0.15, 0.2) is 5.69 Å². The van der Waals surface area contributed by atoms with Gasteiger partial charge in [0, 0.05) is 6.07 Å². The van der Waals surface area contributed by atoms with Crippen molar-refractivity contribution in [3.8, 4) is 11.8 Å². The molecule has 0 saturated carbocycles. The zero-order chi connectivity index (χ0) is 13.3. The minimum absolute atomic E-state index is 0.176. The predicted octanol–water partition coefficient (Wildman–Crippen LogP) is 2.34. The van der Waals surface area contributed by atoms with E-state index in [1.165, 1.54) is 12.1 Å². The highest BCUT2D eigenvalue weighted by Crippen LogP contribution is 2.30. The van der Waals surface area contributed by atoms with Crippen LogP contribution < -0.4 is 5.73 Å². The standard InChI is InChI=1S/C11H7F3N4/c12-11(13,14)9-5-10(16)18(17-9)8-4-2-1-3-7(8)6-15/h1-5H,16H2. The van der Waals surface area contributed by atoms with Crippen LogP contribution in [-0.2, 0) is 6.18 Å². The summed E-state index contributed by atoms with van der Waals surface area (Å²) in [6.07, 6.45) is -4.57. The molecule has 4 nitrogen and oxygen atoms in total. The molecule has 0 aliphatic carbocycles. The largest absolute Gasteiger partial charge is 0.435 e. The summed E-state index contributed by atoms with van der Waals surface area (Å²) in [7, 11) is 0. The molecule has 1 heterocycles. The Kier molecular flexibility index (Phi) is 2.71. The maximum Gasteiger partial charge on any atom is 0.435 e. The Morgan fingerprint density at radius 2 is 1.94 bits per heavy atom. The van der Waals surface area contributed by atoms with Crippen molar-refractivity contribution in [1.82, 2.24) is 9.78 Å². The number of nitrogen functional groups attached to an aromatic ring is 1. The topological polar surface area (TPSA) is 67.6 Å². The Hall–Kier alpha value is -2.49. The number of halogens is 3. The van der Waals surface area contributed by atoms with E-state index in [1.54, 1.807) is 12.1 Å². The minimum Gasteiger partial charge on any atom is -0.384 e. The molecule has 0 fully saturated rings. The number of rotatable bonds is 1. The molecule has 0 amide bonds. The molecule has 0 radical (unpaired) electrons. The lowest BCUT2D eigenvalue weighted by atomic mass is 10.2. The van der Waals surface area contributed by atoms with Crippen molar-refractivity contribution >= 4 is 5.82 Å². The zero-order valence-electron chi connectivity index (χ0n) is 8.94. The average Bonchev–Trinajstić information content (AvgIpc) is 2.71. The number of aromatic nitrogens is 2. The molecular weight excluding hydrogens is 245 g/mol. The monoisotopic (exact) mass is 252 g/mol. The quantitative estimate of drug-likeness (QED) is 0.847. The molecule has 0 aliphatic rings. The maximum atomic E-state index is 12.5. The van der Waals surface area contributed by atoms with Gasteiger partial charge in [-0.15, -0.1) is 0 Å². The number of nitriles is 1.